The van der Waals surface area contributed by atoms with Crippen LogP contribution in [0.15, 0.2) is 18.5 Å². The van der Waals surface area contributed by atoms with E-state index < -0.39 is 4.92 Å². The number of nitriles is 1. The number of aromatic nitrogens is 2. The second kappa shape index (κ2) is 5.50. The molecule has 7 heteroatoms. The fraction of sp³-hybridized carbons (Fsp3) is 0.333. The summed E-state index contributed by atoms with van der Waals surface area (Å²) in [6, 6.07) is 1.83. The third-order valence-corrected chi connectivity index (χ3v) is 1.98. The summed E-state index contributed by atoms with van der Waals surface area (Å²) in [4.78, 5) is 14.0. The summed E-state index contributed by atoms with van der Waals surface area (Å²) in [6.45, 7) is 2.63. The van der Waals surface area contributed by atoms with Gasteiger partial charge in [-0.1, -0.05) is 0 Å². The van der Waals surface area contributed by atoms with Crippen molar-refractivity contribution in [2.45, 2.75) is 13.5 Å². The van der Waals surface area contributed by atoms with Gasteiger partial charge in [-0.25, -0.2) is 9.55 Å². The van der Waals surface area contributed by atoms with Gasteiger partial charge in [-0.2, -0.15) is 5.26 Å². The average Bonchev–Trinajstić information content (AvgIpc) is 2.60. The van der Waals surface area contributed by atoms with Gasteiger partial charge >= 0.3 is 5.82 Å². The zero-order valence-electron chi connectivity index (χ0n) is 8.75. The van der Waals surface area contributed by atoms with Crippen LogP contribution in [0.1, 0.15) is 5.82 Å². The lowest BCUT2D eigenvalue weighted by atomic mass is 10.5. The van der Waals surface area contributed by atoms with Gasteiger partial charge in [0, 0.05) is 19.2 Å². The summed E-state index contributed by atoms with van der Waals surface area (Å²) in [5.74, 6) is 0.571. The zero-order chi connectivity index (χ0) is 12.0. The fourth-order valence-electron chi connectivity index (χ4n) is 1.23. The number of hydrogen-bond acceptors (Lipinski definition) is 5. The summed E-state index contributed by atoms with van der Waals surface area (Å²) >= 11 is 0. The fourth-order valence-corrected chi connectivity index (χ4v) is 1.23. The maximum absolute atomic E-state index is 10.6. The van der Waals surface area contributed by atoms with Crippen molar-refractivity contribution in [3.8, 4) is 6.07 Å². The molecule has 1 aromatic heterocycles. The van der Waals surface area contributed by atoms with E-state index in [-0.39, 0.29) is 5.82 Å². The van der Waals surface area contributed by atoms with Gasteiger partial charge in [-0.15, -0.1) is 0 Å². The van der Waals surface area contributed by atoms with Crippen LogP contribution in [0.3, 0.4) is 0 Å². The molecule has 0 atom stereocenters. The molecule has 0 aromatic carbocycles. The lowest BCUT2D eigenvalue weighted by Gasteiger charge is -2.02. The first kappa shape index (κ1) is 11.7. The molecule has 84 valence electrons. The molecule has 1 aromatic rings. The van der Waals surface area contributed by atoms with E-state index in [1.165, 1.54) is 23.0 Å². The Bertz CT molecular complexity index is 443. The molecule has 0 saturated heterocycles. The van der Waals surface area contributed by atoms with Gasteiger partial charge in [0.15, 0.2) is 5.82 Å². The first-order chi connectivity index (χ1) is 7.66. The van der Waals surface area contributed by atoms with Crippen LogP contribution >= 0.6 is 0 Å². The van der Waals surface area contributed by atoms with E-state index in [4.69, 9.17) is 5.26 Å². The molecule has 0 saturated carbocycles. The van der Waals surface area contributed by atoms with Crippen molar-refractivity contribution >= 4 is 5.82 Å². The molecule has 0 aliphatic heterocycles. The second-order valence-corrected chi connectivity index (χ2v) is 2.99. The van der Waals surface area contributed by atoms with E-state index >= 15 is 0 Å². The molecule has 7 nitrogen and oxygen atoms in total. The molecule has 0 bridgehead atoms. The van der Waals surface area contributed by atoms with Crippen LogP contribution in [-0.2, 0) is 6.54 Å². The van der Waals surface area contributed by atoms with Crippen LogP contribution in [-0.4, -0.2) is 21.0 Å². The molecule has 1 N–H and O–H groups in total. The molecule has 0 radical (unpaired) electrons. The van der Waals surface area contributed by atoms with Crippen LogP contribution in [0.25, 0.3) is 0 Å². The van der Waals surface area contributed by atoms with Crippen molar-refractivity contribution < 1.29 is 4.92 Å². The van der Waals surface area contributed by atoms with Gasteiger partial charge in [0.2, 0.25) is 0 Å². The van der Waals surface area contributed by atoms with Crippen LogP contribution in [0.4, 0.5) is 5.82 Å². The summed E-state index contributed by atoms with van der Waals surface area (Å²) in [5, 5.41) is 21.7. The molecular weight excluding hydrogens is 210 g/mol. The Labute approximate surface area is 92.2 Å². The van der Waals surface area contributed by atoms with Gasteiger partial charge < -0.3 is 15.4 Å². The average molecular weight is 221 g/mol. The van der Waals surface area contributed by atoms with Crippen LogP contribution in [0.5, 0.6) is 0 Å². The molecule has 0 amide bonds. The predicted octanol–water partition coefficient (Wildman–Crippen LogP) is 0.727. The minimum Gasteiger partial charge on any atom is -0.386 e. The third kappa shape index (κ3) is 2.81. The highest BCUT2D eigenvalue weighted by Crippen LogP contribution is 2.12. The predicted molar refractivity (Wildman–Crippen MR) is 56.4 cm³/mol. The first-order valence-corrected chi connectivity index (χ1v) is 4.61. The summed E-state index contributed by atoms with van der Waals surface area (Å²) in [6.07, 6.45) is 4.04. The summed E-state index contributed by atoms with van der Waals surface area (Å²) in [7, 11) is 0. The van der Waals surface area contributed by atoms with E-state index in [1.807, 2.05) is 6.07 Å². The number of hydrogen-bond donors (Lipinski definition) is 1. The zero-order valence-corrected chi connectivity index (χ0v) is 8.75. The number of allylic oxidation sites excluding steroid dienone is 1. The molecule has 0 aliphatic carbocycles. The molecular formula is C9H11N5O2. The van der Waals surface area contributed by atoms with E-state index in [9.17, 15) is 10.1 Å². The van der Waals surface area contributed by atoms with E-state index in [0.717, 1.165) is 0 Å². The Hall–Kier alpha value is -2.36. The monoisotopic (exact) mass is 221 g/mol. The Morgan fingerprint density at radius 1 is 1.81 bits per heavy atom. The van der Waals surface area contributed by atoms with E-state index in [1.54, 1.807) is 6.92 Å². The minimum absolute atomic E-state index is 0.0245. The topological polar surface area (TPSA) is 96.8 Å². The normalized spacial score (nSPS) is 10.2. The number of rotatable bonds is 5. The number of nitrogens with zero attached hydrogens (tertiary/aromatic N) is 4. The molecule has 1 heterocycles. The summed E-state index contributed by atoms with van der Waals surface area (Å²) in [5.41, 5.74) is 0. The largest absolute Gasteiger partial charge is 0.386 e. The Morgan fingerprint density at radius 2 is 2.56 bits per heavy atom. The lowest BCUT2D eigenvalue weighted by molar-refractivity contribution is -0.392. The van der Waals surface area contributed by atoms with Crippen LogP contribution in [0, 0.1) is 28.4 Å². The minimum atomic E-state index is -0.467. The molecule has 0 fully saturated rings. The second-order valence-electron chi connectivity index (χ2n) is 2.99. The third-order valence-electron chi connectivity index (χ3n) is 1.98. The van der Waals surface area contributed by atoms with Crippen molar-refractivity contribution in [2.75, 3.05) is 6.54 Å². The van der Waals surface area contributed by atoms with Crippen molar-refractivity contribution in [1.82, 2.24) is 14.9 Å². The van der Waals surface area contributed by atoms with Crippen LogP contribution < -0.4 is 5.32 Å². The molecule has 16 heavy (non-hydrogen) atoms. The SMILES string of the molecule is Cc1ncc([N+](=O)[O-])n1CCNC=CC#N. The first-order valence-electron chi connectivity index (χ1n) is 4.61. The van der Waals surface area contributed by atoms with Gasteiger partial charge in [-0.3, -0.25) is 0 Å². The Balaban J connectivity index is 2.60. The Kier molecular flexibility index (Phi) is 4.03. The molecule has 0 spiro atoms. The highest BCUT2D eigenvalue weighted by atomic mass is 16.6. The van der Waals surface area contributed by atoms with Gasteiger partial charge in [0.1, 0.15) is 12.7 Å². The van der Waals surface area contributed by atoms with E-state index in [2.05, 4.69) is 10.3 Å². The number of aryl methyl sites for hydroxylation is 1. The smallest absolute Gasteiger partial charge is 0.342 e. The number of imidazole rings is 1. The lowest BCUT2D eigenvalue weighted by Crippen LogP contribution is -2.16. The van der Waals surface area contributed by atoms with Gasteiger partial charge in [0.25, 0.3) is 0 Å². The van der Waals surface area contributed by atoms with Crippen LogP contribution in [0.2, 0.25) is 0 Å². The van der Waals surface area contributed by atoms with Gasteiger partial charge in [0.05, 0.1) is 12.6 Å². The molecule has 0 aliphatic rings. The van der Waals surface area contributed by atoms with E-state index in [0.29, 0.717) is 18.9 Å². The van der Waals surface area contributed by atoms with Gasteiger partial charge in [-0.05, 0) is 4.92 Å². The molecule has 0 unspecified atom stereocenters. The maximum atomic E-state index is 10.6. The number of nitro groups is 1. The maximum Gasteiger partial charge on any atom is 0.342 e. The summed E-state index contributed by atoms with van der Waals surface area (Å²) < 4.78 is 1.51. The molecule has 1 rings (SSSR count). The Morgan fingerprint density at radius 3 is 3.19 bits per heavy atom. The standard InChI is InChI=1S/C9H11N5O2/c1-8-12-7-9(14(15)16)13(8)6-5-11-4-2-3-10/h2,4,7,11H,5-6H2,1H3. The quantitative estimate of drug-likeness (QED) is 0.342. The van der Waals surface area contributed by atoms with Crippen molar-refractivity contribution in [2.24, 2.45) is 0 Å². The highest BCUT2D eigenvalue weighted by Gasteiger charge is 2.15. The highest BCUT2D eigenvalue weighted by molar-refractivity contribution is 5.18. The van der Waals surface area contributed by atoms with Crippen molar-refractivity contribution in [1.29, 1.82) is 5.26 Å². The van der Waals surface area contributed by atoms with Crippen molar-refractivity contribution in [3.05, 3.63) is 34.4 Å². The van der Waals surface area contributed by atoms with Crippen molar-refractivity contribution in [3.63, 3.8) is 0 Å². The number of nitrogens with one attached hydrogen (secondary N) is 1.